The number of amides is 2. The summed E-state index contributed by atoms with van der Waals surface area (Å²) < 4.78 is 0. The Hall–Kier alpha value is -2.62. The highest BCUT2D eigenvalue weighted by Gasteiger charge is 2.11. The fourth-order valence-corrected chi connectivity index (χ4v) is 2.20. The molecule has 0 aromatic heterocycles. The maximum absolute atomic E-state index is 12.3. The first-order chi connectivity index (χ1) is 10.9. The van der Waals surface area contributed by atoms with Crippen LogP contribution in [-0.2, 0) is 0 Å². The van der Waals surface area contributed by atoms with E-state index in [1.165, 1.54) is 0 Å². The fraction of sp³-hybridized carbons (Fsp3) is 0.263. The summed E-state index contributed by atoms with van der Waals surface area (Å²) in [5.41, 5.74) is 4.04. The summed E-state index contributed by atoms with van der Waals surface area (Å²) in [4.78, 5) is 24.2. The fourth-order valence-electron chi connectivity index (χ4n) is 2.20. The third-order valence-electron chi connectivity index (χ3n) is 3.68. The smallest absolute Gasteiger partial charge is 0.255 e. The number of aryl methyl sites for hydroxylation is 1. The number of rotatable bonds is 4. The van der Waals surface area contributed by atoms with Crippen LogP contribution < -0.4 is 10.6 Å². The second-order valence-electron chi connectivity index (χ2n) is 5.91. The van der Waals surface area contributed by atoms with Crippen molar-refractivity contribution in [3.05, 3.63) is 64.7 Å². The summed E-state index contributed by atoms with van der Waals surface area (Å²) in [6.07, 6.45) is 0. The Labute approximate surface area is 136 Å². The molecule has 0 unspecified atom stereocenters. The molecule has 0 bridgehead atoms. The van der Waals surface area contributed by atoms with Crippen LogP contribution in [-0.4, -0.2) is 17.9 Å². The van der Waals surface area contributed by atoms with Gasteiger partial charge in [-0.2, -0.15) is 0 Å². The zero-order valence-corrected chi connectivity index (χ0v) is 13.9. The zero-order valence-electron chi connectivity index (χ0n) is 13.9. The molecule has 4 nitrogen and oxygen atoms in total. The Bertz CT molecular complexity index is 719. The van der Waals surface area contributed by atoms with Crippen molar-refractivity contribution in [2.75, 3.05) is 5.32 Å². The lowest BCUT2D eigenvalue weighted by atomic mass is 10.1. The van der Waals surface area contributed by atoms with Crippen LogP contribution in [0.2, 0.25) is 0 Å². The summed E-state index contributed by atoms with van der Waals surface area (Å²) >= 11 is 0. The first-order valence-corrected chi connectivity index (χ1v) is 7.67. The standard InChI is InChI=1S/C19H22N2O2/c1-12(2)20-18(22)15-8-10-16(11-9-15)19(23)21-17-7-5-6-13(3)14(17)4/h5-12H,1-4H3,(H,20,22)(H,21,23). The van der Waals surface area contributed by atoms with E-state index in [1.807, 2.05) is 45.9 Å². The highest BCUT2D eigenvalue weighted by Crippen LogP contribution is 2.19. The van der Waals surface area contributed by atoms with Crippen molar-refractivity contribution in [1.29, 1.82) is 0 Å². The van der Waals surface area contributed by atoms with E-state index in [1.54, 1.807) is 24.3 Å². The molecule has 4 heteroatoms. The van der Waals surface area contributed by atoms with Gasteiger partial charge in [0, 0.05) is 22.9 Å². The topological polar surface area (TPSA) is 58.2 Å². The summed E-state index contributed by atoms with van der Waals surface area (Å²) in [7, 11) is 0. The van der Waals surface area contributed by atoms with E-state index < -0.39 is 0 Å². The number of carbonyl (C=O) groups is 2. The second kappa shape index (κ2) is 7.09. The number of anilines is 1. The molecule has 2 amide bonds. The lowest BCUT2D eigenvalue weighted by Crippen LogP contribution is -2.30. The van der Waals surface area contributed by atoms with Gasteiger partial charge < -0.3 is 10.6 Å². The van der Waals surface area contributed by atoms with Crippen LogP contribution in [0.1, 0.15) is 45.7 Å². The quantitative estimate of drug-likeness (QED) is 0.904. The molecule has 2 rings (SSSR count). The molecule has 23 heavy (non-hydrogen) atoms. The van der Waals surface area contributed by atoms with E-state index in [0.29, 0.717) is 11.1 Å². The van der Waals surface area contributed by atoms with Gasteiger partial charge in [-0.15, -0.1) is 0 Å². The van der Waals surface area contributed by atoms with E-state index >= 15 is 0 Å². The van der Waals surface area contributed by atoms with Crippen molar-refractivity contribution in [2.24, 2.45) is 0 Å². The summed E-state index contributed by atoms with van der Waals surface area (Å²) in [6.45, 7) is 7.80. The van der Waals surface area contributed by atoms with Gasteiger partial charge in [0.05, 0.1) is 0 Å². The van der Waals surface area contributed by atoms with Gasteiger partial charge in [-0.05, 0) is 69.2 Å². The number of hydrogen-bond acceptors (Lipinski definition) is 2. The third-order valence-corrected chi connectivity index (χ3v) is 3.68. The van der Waals surface area contributed by atoms with Crippen molar-refractivity contribution in [3.63, 3.8) is 0 Å². The van der Waals surface area contributed by atoms with E-state index in [9.17, 15) is 9.59 Å². The maximum Gasteiger partial charge on any atom is 0.255 e. The lowest BCUT2D eigenvalue weighted by molar-refractivity contribution is 0.0941. The molecule has 2 N–H and O–H groups in total. The highest BCUT2D eigenvalue weighted by atomic mass is 16.2. The Kier molecular flexibility index (Phi) is 5.16. The van der Waals surface area contributed by atoms with Crippen LogP contribution in [0, 0.1) is 13.8 Å². The summed E-state index contributed by atoms with van der Waals surface area (Å²) in [5.74, 6) is -0.323. The van der Waals surface area contributed by atoms with Crippen molar-refractivity contribution < 1.29 is 9.59 Å². The van der Waals surface area contributed by atoms with Gasteiger partial charge >= 0.3 is 0 Å². The Balaban J connectivity index is 2.11. The molecule has 0 fully saturated rings. The van der Waals surface area contributed by atoms with Crippen molar-refractivity contribution >= 4 is 17.5 Å². The molecule has 120 valence electrons. The van der Waals surface area contributed by atoms with Crippen LogP contribution in [0.4, 0.5) is 5.69 Å². The van der Waals surface area contributed by atoms with E-state index in [2.05, 4.69) is 10.6 Å². The van der Waals surface area contributed by atoms with Crippen LogP contribution in [0.25, 0.3) is 0 Å². The molecule has 0 saturated carbocycles. The van der Waals surface area contributed by atoms with Gasteiger partial charge in [0.2, 0.25) is 0 Å². The van der Waals surface area contributed by atoms with Gasteiger partial charge in [0.1, 0.15) is 0 Å². The molecule has 0 heterocycles. The van der Waals surface area contributed by atoms with E-state index in [4.69, 9.17) is 0 Å². The van der Waals surface area contributed by atoms with Crippen LogP contribution >= 0.6 is 0 Å². The average molecular weight is 310 g/mol. The lowest BCUT2D eigenvalue weighted by Gasteiger charge is -2.11. The van der Waals surface area contributed by atoms with Crippen molar-refractivity contribution in [3.8, 4) is 0 Å². The van der Waals surface area contributed by atoms with Gasteiger partial charge in [0.15, 0.2) is 0 Å². The monoisotopic (exact) mass is 310 g/mol. The normalized spacial score (nSPS) is 10.5. The van der Waals surface area contributed by atoms with Crippen molar-refractivity contribution in [1.82, 2.24) is 5.32 Å². The molecule has 0 atom stereocenters. The molecule has 0 aliphatic rings. The van der Waals surface area contributed by atoms with Gasteiger partial charge in [-0.1, -0.05) is 12.1 Å². The molecular weight excluding hydrogens is 288 g/mol. The summed E-state index contributed by atoms with van der Waals surface area (Å²) in [5, 5.41) is 5.73. The molecule has 2 aromatic carbocycles. The molecule has 0 aliphatic heterocycles. The predicted octanol–water partition coefficient (Wildman–Crippen LogP) is 3.69. The van der Waals surface area contributed by atoms with Gasteiger partial charge in [-0.25, -0.2) is 0 Å². The highest BCUT2D eigenvalue weighted by molar-refractivity contribution is 6.05. The first kappa shape index (κ1) is 16.7. The number of nitrogens with one attached hydrogen (secondary N) is 2. The molecular formula is C19H22N2O2. The minimum absolute atomic E-state index is 0.0785. The van der Waals surface area contributed by atoms with Gasteiger partial charge in [-0.3, -0.25) is 9.59 Å². The average Bonchev–Trinajstić information content (AvgIpc) is 2.51. The first-order valence-electron chi connectivity index (χ1n) is 7.67. The zero-order chi connectivity index (χ0) is 17.0. The van der Waals surface area contributed by atoms with Crippen molar-refractivity contribution in [2.45, 2.75) is 33.7 Å². The Morgan fingerprint density at radius 1 is 0.870 bits per heavy atom. The third kappa shape index (κ3) is 4.19. The molecule has 2 aromatic rings. The Morgan fingerprint density at radius 2 is 1.43 bits per heavy atom. The van der Waals surface area contributed by atoms with Gasteiger partial charge in [0.25, 0.3) is 11.8 Å². The van der Waals surface area contributed by atoms with E-state index in [0.717, 1.165) is 16.8 Å². The largest absolute Gasteiger partial charge is 0.350 e. The SMILES string of the molecule is Cc1cccc(NC(=O)c2ccc(C(=O)NC(C)C)cc2)c1C. The molecule has 0 saturated heterocycles. The minimum Gasteiger partial charge on any atom is -0.350 e. The predicted molar refractivity (Wildman–Crippen MR) is 92.9 cm³/mol. The molecule has 0 radical (unpaired) electrons. The number of carbonyl (C=O) groups excluding carboxylic acids is 2. The molecule has 0 spiro atoms. The maximum atomic E-state index is 12.3. The Morgan fingerprint density at radius 3 is 2.00 bits per heavy atom. The van der Waals surface area contributed by atoms with E-state index in [-0.39, 0.29) is 17.9 Å². The minimum atomic E-state index is -0.186. The second-order valence-corrected chi connectivity index (χ2v) is 5.91. The summed E-state index contributed by atoms with van der Waals surface area (Å²) in [6, 6.07) is 12.5. The van der Waals surface area contributed by atoms with Crippen LogP contribution in [0.3, 0.4) is 0 Å². The van der Waals surface area contributed by atoms with Crippen LogP contribution in [0.15, 0.2) is 42.5 Å². The number of benzene rings is 2. The number of hydrogen-bond donors (Lipinski definition) is 2. The molecule has 0 aliphatic carbocycles. The van der Waals surface area contributed by atoms with Crippen LogP contribution in [0.5, 0.6) is 0 Å².